The Morgan fingerprint density at radius 1 is 0.215 bits per heavy atom. The zero-order valence-electron chi connectivity index (χ0n) is 96.2. The van der Waals surface area contributed by atoms with E-state index in [-0.39, 0.29) is 53.4 Å². The number of ether oxygens (including phenoxy) is 25. The highest BCUT2D eigenvalue weighted by Gasteiger charge is 2.39. The standard InChI is InChI=1S/C14H26O4.C13H24O4.C10H18O3.C9H16O3.C9H18O.C8H14O3.C8H16O.C7H12O3.C7H14O.C6H10O3.C6H12O.C5H8O3.C5H10O.C4H6O2.C4H8O/c1-3-14(10-17-11-14)12-18-13(15)8-6-4-5-7-9-16-2;1-3-13(9-16-10-13)11-17-12(14)7-5-4-6-8-15-2;1-3-10(11)13-9-7-5-4-6-8-12-2;1-3-9(10)12-8-6-4-5-7-11-2;1-3-4-5-6-7-8-9-10-2;1-3-8(9)11-7-5-4-6-10-2;1-3-4-5-6-7-8-9-2;1-3-7(8)10-6-4-5-9-2;1-3-4-5-6-7-8-2;1-3-6(7)9-5-4-8-2;1-3-4-5-6-7-2;1-3-5(6)8-4-7-2;1-3-4-5-6-2;1-3-4(5)6-2;1-3-4-5-2/h3-12H2,1-2H3;3-11H2,1-2H3;3H,1,4-9H2,2H3;3H,1,4-8H2,2H3;3H,1,4-9H2,2H3;3H,1,4-7H2,2H3;3H,1,4-8H2,2H3;3H,1,4-6H2,2H3;3H,1,4-7H2,2H3;3H,1,4-5H2,2H3;3H,1,4-6H2,2H3;3H,1,4H2,2H3;3H,1,4-5H2,2H3;3H,1H2,2H3;3H,1,4H2,2H3. The Morgan fingerprint density at radius 3 is 0.691 bits per heavy atom. The average molecular weight is 2140 g/mol. The Bertz CT molecular complexity index is 2930. The first-order valence-electron chi connectivity index (χ1n) is 51.5. The smallest absolute Gasteiger partial charge is 0.332 e. The molecule has 0 spiro atoms. The van der Waals surface area contributed by atoms with Crippen molar-refractivity contribution in [2.45, 2.75) is 245 Å². The number of methoxy groups -OCH3 is 15. The van der Waals surface area contributed by atoms with Gasteiger partial charge in [-0.25, -0.2) is 33.6 Å². The minimum absolute atomic E-state index is 0.00907. The van der Waals surface area contributed by atoms with Crippen LogP contribution in [0.25, 0.3) is 0 Å². The summed E-state index contributed by atoms with van der Waals surface area (Å²) >= 11 is 0. The van der Waals surface area contributed by atoms with Crippen LogP contribution in [0.2, 0.25) is 0 Å². The molecule has 0 aliphatic carbocycles. The maximum Gasteiger partial charge on any atom is 0.332 e. The lowest BCUT2D eigenvalue weighted by Gasteiger charge is -2.39. The third-order valence-electron chi connectivity index (χ3n) is 18.9. The summed E-state index contributed by atoms with van der Waals surface area (Å²) in [5.74, 6) is -2.84. The Hall–Kier alpha value is -8.79. The highest BCUT2D eigenvalue weighted by atomic mass is 16.7. The van der Waals surface area contributed by atoms with Crippen molar-refractivity contribution in [3.05, 3.63) is 165 Å². The SMILES string of the molecule is C=CC(=O)OC.C=CC(=O)OCCCCCCOC.C=CC(=O)OCCCCCOC.C=CC(=O)OCCCCOC.C=CC(=O)OCCCOC.C=CC(=O)OCCOC.C=CC(=O)OCOC.C=CCCCCCCOC.C=CCCCCCOC.C=CCCCCOC.C=CCCCOC.C=CCCOC.C=CCOC.CCC1(COC(=O)CCCCCCOC)COC1.CCC1(COC(=O)CCCCCOC)COC1. The van der Waals surface area contributed by atoms with Gasteiger partial charge in [0.2, 0.25) is 0 Å². The van der Waals surface area contributed by atoms with E-state index in [9.17, 15) is 43.2 Å². The monoisotopic (exact) mass is 2140 g/mol. The summed E-state index contributed by atoms with van der Waals surface area (Å²) < 4.78 is 120. The van der Waals surface area contributed by atoms with Gasteiger partial charge < -0.3 is 118 Å². The lowest BCUT2D eigenvalue weighted by molar-refractivity contribution is -0.171. The van der Waals surface area contributed by atoms with Crippen LogP contribution >= 0.6 is 0 Å². The normalized spacial score (nSPS) is 10.9. The van der Waals surface area contributed by atoms with Gasteiger partial charge in [0, 0.05) is 234 Å². The van der Waals surface area contributed by atoms with Crippen molar-refractivity contribution in [1.29, 1.82) is 0 Å². The number of carbonyl (C=O) groups excluding carboxylic acids is 9. The summed E-state index contributed by atoms with van der Waals surface area (Å²) in [4.78, 5) is 95.3. The van der Waals surface area contributed by atoms with Crippen LogP contribution < -0.4 is 0 Å². The van der Waals surface area contributed by atoms with Crippen molar-refractivity contribution in [3.8, 4) is 0 Å². The molecular weight excluding hydrogens is 1930 g/mol. The third kappa shape index (κ3) is 175. The van der Waals surface area contributed by atoms with Crippen LogP contribution in [0.3, 0.4) is 0 Å². The molecule has 0 amide bonds. The molecule has 0 atom stereocenters. The van der Waals surface area contributed by atoms with Crippen molar-refractivity contribution in [1.82, 2.24) is 0 Å². The molecule has 2 fully saturated rings. The highest BCUT2D eigenvalue weighted by molar-refractivity contribution is 5.83. The molecule has 0 radical (unpaired) electrons. The largest absolute Gasteiger partial charge is 0.466 e. The van der Waals surface area contributed by atoms with Crippen LogP contribution in [-0.2, 0) is 162 Å². The predicted molar refractivity (Wildman–Crippen MR) is 598 cm³/mol. The van der Waals surface area contributed by atoms with Crippen molar-refractivity contribution < 1.29 is 162 Å². The fourth-order valence-electron chi connectivity index (χ4n) is 9.81. The molecule has 0 aromatic carbocycles. The van der Waals surface area contributed by atoms with Crippen LogP contribution in [0.15, 0.2) is 165 Å². The zero-order valence-corrected chi connectivity index (χ0v) is 96.2. The van der Waals surface area contributed by atoms with Crippen molar-refractivity contribution in [2.24, 2.45) is 10.8 Å². The first-order chi connectivity index (χ1) is 72.1. The number of carbonyl (C=O) groups is 9. The number of allylic oxidation sites excluding steroid dienone is 4. The number of hydrogen-bond acceptors (Lipinski definition) is 34. The Balaban J connectivity index is -0.000000122. The molecule has 0 unspecified atom stereocenters. The van der Waals surface area contributed by atoms with Crippen LogP contribution in [0.5, 0.6) is 0 Å². The van der Waals surface area contributed by atoms with Crippen molar-refractivity contribution in [2.75, 3.05) is 272 Å². The number of esters is 9. The molecule has 2 rings (SSSR count). The molecular formula is C115H212O34. The molecule has 0 bridgehead atoms. The lowest BCUT2D eigenvalue weighted by atomic mass is 9.84. The summed E-state index contributed by atoms with van der Waals surface area (Å²) in [6.45, 7) is 64.4. The van der Waals surface area contributed by atoms with E-state index in [1.807, 2.05) is 30.4 Å². The molecule has 149 heavy (non-hydrogen) atoms. The zero-order chi connectivity index (χ0) is 115. The molecule has 0 aromatic rings. The van der Waals surface area contributed by atoms with Gasteiger partial charge in [0.15, 0.2) is 6.79 Å². The van der Waals surface area contributed by atoms with Crippen LogP contribution in [0.4, 0.5) is 0 Å². The summed E-state index contributed by atoms with van der Waals surface area (Å²) in [6.07, 6.45) is 56.8. The van der Waals surface area contributed by atoms with Crippen molar-refractivity contribution in [3.63, 3.8) is 0 Å². The van der Waals surface area contributed by atoms with Crippen LogP contribution in [0.1, 0.15) is 245 Å². The molecule has 0 saturated carbocycles. The number of unbranched alkanes of at least 4 members (excludes halogenated alkanes) is 21. The fraction of sp³-hybridized carbons (Fsp3) is 0.696. The van der Waals surface area contributed by atoms with Crippen LogP contribution in [-0.4, -0.2) is 326 Å². The molecule has 2 heterocycles. The minimum Gasteiger partial charge on any atom is -0.466 e. The molecule has 0 aromatic heterocycles. The summed E-state index contributed by atoms with van der Waals surface area (Å²) in [5, 5.41) is 0. The summed E-state index contributed by atoms with van der Waals surface area (Å²) in [6, 6.07) is 0. The van der Waals surface area contributed by atoms with Crippen LogP contribution in [0, 0.1) is 10.8 Å². The second-order valence-electron chi connectivity index (χ2n) is 31.8. The van der Waals surface area contributed by atoms with Gasteiger partial charge in [-0.05, 0) is 167 Å². The van der Waals surface area contributed by atoms with Gasteiger partial charge in [-0.15, -0.1) is 39.5 Å². The van der Waals surface area contributed by atoms with E-state index in [0.29, 0.717) is 85.5 Å². The predicted octanol–water partition coefficient (Wildman–Crippen LogP) is 21.9. The summed E-state index contributed by atoms with van der Waals surface area (Å²) in [5.41, 5.74) is 0.208. The quantitative estimate of drug-likeness (QED) is 0.0136. The van der Waals surface area contributed by atoms with E-state index >= 15 is 0 Å². The van der Waals surface area contributed by atoms with E-state index in [1.165, 1.54) is 77.7 Å². The first kappa shape index (κ1) is 168. The molecule has 34 nitrogen and oxygen atoms in total. The molecule has 2 aliphatic rings. The van der Waals surface area contributed by atoms with Gasteiger partial charge in [-0.3, -0.25) is 9.59 Å². The van der Waals surface area contributed by atoms with E-state index in [1.54, 1.807) is 98.5 Å². The number of rotatable bonds is 80. The fourth-order valence-corrected chi connectivity index (χ4v) is 9.81. The van der Waals surface area contributed by atoms with E-state index < -0.39 is 17.9 Å². The van der Waals surface area contributed by atoms with E-state index in [4.69, 9.17) is 85.3 Å². The first-order valence-corrected chi connectivity index (χ1v) is 51.5. The molecule has 0 N–H and O–H groups in total. The average Bonchev–Trinajstić information content (AvgIpc) is 0.834. The van der Waals surface area contributed by atoms with Gasteiger partial charge in [0.25, 0.3) is 0 Å². The second-order valence-corrected chi connectivity index (χ2v) is 31.8. The topological polar surface area (TPSA) is 384 Å². The Labute approximate surface area is 903 Å². The lowest BCUT2D eigenvalue weighted by Crippen LogP contribution is -2.46. The van der Waals surface area contributed by atoms with E-state index in [0.717, 1.165) is 283 Å². The molecule has 2 aliphatic heterocycles. The summed E-state index contributed by atoms with van der Waals surface area (Å²) in [7, 11) is 24.6. The molecule has 876 valence electrons. The van der Waals surface area contributed by atoms with E-state index in [2.05, 4.69) is 133 Å². The molecule has 2 saturated heterocycles. The van der Waals surface area contributed by atoms with Gasteiger partial charge in [-0.2, -0.15) is 0 Å². The van der Waals surface area contributed by atoms with Gasteiger partial charge >= 0.3 is 53.7 Å². The van der Waals surface area contributed by atoms with Gasteiger partial charge in [0.1, 0.15) is 19.8 Å². The second kappa shape index (κ2) is 159. The minimum atomic E-state index is -0.466. The maximum absolute atomic E-state index is 11.5. The van der Waals surface area contributed by atoms with Gasteiger partial charge in [0.05, 0.1) is 84.0 Å². The highest BCUT2D eigenvalue weighted by Crippen LogP contribution is 2.32. The van der Waals surface area contributed by atoms with Crippen molar-refractivity contribution >= 4 is 53.7 Å². The molecule has 34 heteroatoms. The Morgan fingerprint density at radius 2 is 0.443 bits per heavy atom. The Kier molecular flexibility index (Phi) is 179. The third-order valence-corrected chi connectivity index (χ3v) is 18.9. The van der Waals surface area contributed by atoms with Gasteiger partial charge in [-0.1, -0.05) is 141 Å². The number of hydrogen-bond donors (Lipinski definition) is 0. The maximum atomic E-state index is 11.5.